The Kier molecular flexibility index (Phi) is 5.30. The van der Waals surface area contributed by atoms with Gasteiger partial charge >= 0.3 is 0 Å². The Balaban J connectivity index is 1.49. The molecule has 0 radical (unpaired) electrons. The molecule has 146 valence electrons. The summed E-state index contributed by atoms with van der Waals surface area (Å²) in [6.07, 6.45) is 4.58. The third kappa shape index (κ3) is 4.14. The van der Waals surface area contributed by atoms with E-state index < -0.39 is 0 Å². The minimum Gasteiger partial charge on any atom is -0.494 e. The molecule has 0 spiro atoms. The lowest BCUT2D eigenvalue weighted by Crippen LogP contribution is -2.12. The number of pyridine rings is 1. The Labute approximate surface area is 171 Å². The van der Waals surface area contributed by atoms with Crippen molar-refractivity contribution in [2.75, 3.05) is 11.9 Å². The Hall–Kier alpha value is -3.59. The van der Waals surface area contributed by atoms with Crippen LogP contribution in [0.1, 0.15) is 22.3 Å². The van der Waals surface area contributed by atoms with E-state index in [2.05, 4.69) is 25.4 Å². The summed E-state index contributed by atoms with van der Waals surface area (Å²) in [7, 11) is 0. The number of hydrogen-bond acceptors (Lipinski definition) is 7. The lowest BCUT2D eigenvalue weighted by Gasteiger charge is -2.05. The molecule has 0 aliphatic carbocycles. The number of aromatic nitrogens is 5. The Morgan fingerprint density at radius 3 is 2.69 bits per heavy atom. The van der Waals surface area contributed by atoms with Gasteiger partial charge in [-0.15, -0.1) is 11.3 Å². The average Bonchev–Trinajstić information content (AvgIpc) is 3.39. The molecular formula is C20H18N6O2S. The first kappa shape index (κ1) is 18.8. The number of anilines is 1. The van der Waals surface area contributed by atoms with Gasteiger partial charge in [-0.2, -0.15) is 5.10 Å². The number of thiazole rings is 1. The first-order valence-electron chi connectivity index (χ1n) is 8.97. The molecule has 0 aliphatic heterocycles. The molecule has 1 N–H and O–H groups in total. The molecule has 29 heavy (non-hydrogen) atoms. The van der Waals surface area contributed by atoms with Gasteiger partial charge in [-0.1, -0.05) is 0 Å². The van der Waals surface area contributed by atoms with Crippen molar-refractivity contribution in [2.24, 2.45) is 0 Å². The highest BCUT2D eigenvalue weighted by Gasteiger charge is 2.17. The van der Waals surface area contributed by atoms with Gasteiger partial charge < -0.3 is 10.1 Å². The van der Waals surface area contributed by atoms with Gasteiger partial charge in [0, 0.05) is 5.56 Å². The molecule has 4 rings (SSSR count). The predicted molar refractivity (Wildman–Crippen MR) is 111 cm³/mol. The molecule has 0 aliphatic rings. The van der Waals surface area contributed by atoms with Crippen molar-refractivity contribution in [3.8, 4) is 22.1 Å². The fourth-order valence-electron chi connectivity index (χ4n) is 2.70. The molecule has 0 bridgehead atoms. The van der Waals surface area contributed by atoms with E-state index in [1.54, 1.807) is 29.3 Å². The van der Waals surface area contributed by atoms with Gasteiger partial charge in [0.2, 0.25) is 0 Å². The van der Waals surface area contributed by atoms with E-state index in [1.165, 1.54) is 17.7 Å². The number of rotatable bonds is 6. The SMILES string of the molecule is CCOc1ccc(-c2nc(C)c(C(=O)Nc3ccc(-n4cncn4)nc3)s2)cc1. The van der Waals surface area contributed by atoms with Crippen molar-refractivity contribution in [3.63, 3.8) is 0 Å². The third-order valence-electron chi connectivity index (χ3n) is 4.07. The van der Waals surface area contributed by atoms with Gasteiger partial charge in [0.1, 0.15) is 28.3 Å². The molecule has 3 aromatic heterocycles. The van der Waals surface area contributed by atoms with E-state index in [4.69, 9.17) is 4.74 Å². The normalized spacial score (nSPS) is 10.7. The first-order valence-corrected chi connectivity index (χ1v) is 9.78. The Morgan fingerprint density at radius 2 is 2.03 bits per heavy atom. The quantitative estimate of drug-likeness (QED) is 0.524. The third-order valence-corrected chi connectivity index (χ3v) is 5.28. The van der Waals surface area contributed by atoms with Gasteiger partial charge in [0.25, 0.3) is 5.91 Å². The number of benzene rings is 1. The first-order chi connectivity index (χ1) is 14.1. The summed E-state index contributed by atoms with van der Waals surface area (Å²) in [6.45, 7) is 4.39. The minimum absolute atomic E-state index is 0.215. The highest BCUT2D eigenvalue weighted by atomic mass is 32.1. The van der Waals surface area contributed by atoms with Gasteiger partial charge in [-0.05, 0) is 50.2 Å². The second kappa shape index (κ2) is 8.19. The Bertz CT molecular complexity index is 1110. The highest BCUT2D eigenvalue weighted by molar-refractivity contribution is 7.17. The molecule has 0 unspecified atom stereocenters. The summed E-state index contributed by atoms with van der Waals surface area (Å²) >= 11 is 1.35. The van der Waals surface area contributed by atoms with Gasteiger partial charge in [0.05, 0.1) is 24.2 Å². The van der Waals surface area contributed by atoms with E-state index in [1.807, 2.05) is 38.1 Å². The van der Waals surface area contributed by atoms with Crippen molar-refractivity contribution in [1.29, 1.82) is 0 Å². The lowest BCUT2D eigenvalue weighted by atomic mass is 10.2. The maximum absolute atomic E-state index is 12.7. The topological polar surface area (TPSA) is 94.8 Å². The van der Waals surface area contributed by atoms with Crippen LogP contribution >= 0.6 is 11.3 Å². The molecular weight excluding hydrogens is 388 g/mol. The fourth-order valence-corrected chi connectivity index (χ4v) is 3.67. The molecule has 0 saturated carbocycles. The molecule has 9 heteroatoms. The van der Waals surface area contributed by atoms with Crippen LogP contribution in [0.3, 0.4) is 0 Å². The van der Waals surface area contributed by atoms with Crippen molar-refractivity contribution in [2.45, 2.75) is 13.8 Å². The highest BCUT2D eigenvalue weighted by Crippen LogP contribution is 2.29. The Morgan fingerprint density at radius 1 is 1.21 bits per heavy atom. The van der Waals surface area contributed by atoms with E-state index >= 15 is 0 Å². The maximum Gasteiger partial charge on any atom is 0.267 e. The van der Waals surface area contributed by atoms with Crippen LogP contribution in [0.15, 0.2) is 55.2 Å². The maximum atomic E-state index is 12.7. The molecule has 0 atom stereocenters. The zero-order valence-corrected chi connectivity index (χ0v) is 16.7. The van der Waals surface area contributed by atoms with Crippen LogP contribution in [-0.4, -0.2) is 37.2 Å². The van der Waals surface area contributed by atoms with Crippen LogP contribution in [0.25, 0.3) is 16.4 Å². The van der Waals surface area contributed by atoms with E-state index in [0.717, 1.165) is 16.3 Å². The van der Waals surface area contributed by atoms with Crippen molar-refractivity contribution >= 4 is 22.9 Å². The molecule has 0 fully saturated rings. The standard InChI is InChI=1S/C20H18N6O2S/c1-3-28-16-7-4-14(5-8-16)20-24-13(2)18(29-20)19(27)25-15-6-9-17(22-10-15)26-12-21-11-23-26/h4-12H,3H2,1-2H3,(H,25,27). The largest absolute Gasteiger partial charge is 0.494 e. The van der Waals surface area contributed by atoms with Crippen LogP contribution in [0.2, 0.25) is 0 Å². The number of ether oxygens (including phenoxy) is 1. The van der Waals surface area contributed by atoms with Crippen LogP contribution < -0.4 is 10.1 Å². The number of amides is 1. The minimum atomic E-state index is -0.215. The second-order valence-electron chi connectivity index (χ2n) is 6.09. The molecule has 8 nitrogen and oxygen atoms in total. The molecule has 3 heterocycles. The monoisotopic (exact) mass is 406 g/mol. The van der Waals surface area contributed by atoms with E-state index in [-0.39, 0.29) is 5.91 Å². The number of nitrogens with one attached hydrogen (secondary N) is 1. The van der Waals surface area contributed by atoms with E-state index in [9.17, 15) is 4.79 Å². The van der Waals surface area contributed by atoms with Crippen LogP contribution in [0, 0.1) is 6.92 Å². The summed E-state index contributed by atoms with van der Waals surface area (Å²) in [5, 5.41) is 7.68. The number of hydrogen-bond donors (Lipinski definition) is 1. The zero-order valence-electron chi connectivity index (χ0n) is 15.9. The summed E-state index contributed by atoms with van der Waals surface area (Å²) in [6, 6.07) is 11.2. The number of carbonyl (C=O) groups is 1. The van der Waals surface area contributed by atoms with Gasteiger partial charge in [-0.3, -0.25) is 4.79 Å². The van der Waals surface area contributed by atoms with Crippen LogP contribution in [0.5, 0.6) is 5.75 Å². The summed E-state index contributed by atoms with van der Waals surface area (Å²) in [5.41, 5.74) is 2.22. The van der Waals surface area contributed by atoms with Crippen LogP contribution in [0.4, 0.5) is 5.69 Å². The number of nitrogens with zero attached hydrogens (tertiary/aromatic N) is 5. The zero-order chi connectivity index (χ0) is 20.2. The van der Waals surface area contributed by atoms with Gasteiger partial charge in [0.15, 0.2) is 5.82 Å². The second-order valence-corrected chi connectivity index (χ2v) is 7.09. The van der Waals surface area contributed by atoms with Crippen molar-refractivity contribution in [3.05, 3.63) is 65.8 Å². The molecule has 1 aromatic carbocycles. The molecule has 1 amide bonds. The van der Waals surface area contributed by atoms with Gasteiger partial charge in [-0.25, -0.2) is 19.6 Å². The van der Waals surface area contributed by atoms with Crippen molar-refractivity contribution < 1.29 is 9.53 Å². The van der Waals surface area contributed by atoms with E-state index in [0.29, 0.717) is 28.7 Å². The summed E-state index contributed by atoms with van der Waals surface area (Å²) < 4.78 is 7.01. The van der Waals surface area contributed by atoms with Crippen molar-refractivity contribution in [1.82, 2.24) is 24.7 Å². The fraction of sp³-hybridized carbons (Fsp3) is 0.150. The molecule has 4 aromatic rings. The van der Waals surface area contributed by atoms with Crippen LogP contribution in [-0.2, 0) is 0 Å². The average molecular weight is 406 g/mol. The number of aryl methyl sites for hydroxylation is 1. The lowest BCUT2D eigenvalue weighted by molar-refractivity contribution is 0.102. The number of carbonyl (C=O) groups excluding carboxylic acids is 1. The summed E-state index contributed by atoms with van der Waals surface area (Å²) in [5.74, 6) is 1.21. The predicted octanol–water partition coefficient (Wildman–Crippen LogP) is 3.75. The molecule has 0 saturated heterocycles. The summed E-state index contributed by atoms with van der Waals surface area (Å²) in [4.78, 5) is 26.0. The smallest absolute Gasteiger partial charge is 0.267 e.